The fourth-order valence-electron chi connectivity index (χ4n) is 7.81. The summed E-state index contributed by atoms with van der Waals surface area (Å²) < 4.78 is 17.1. The lowest BCUT2D eigenvalue weighted by Gasteiger charge is -2.56. The Balaban J connectivity index is 0.000000149. The highest BCUT2D eigenvalue weighted by Gasteiger charge is 2.64. The van der Waals surface area contributed by atoms with Gasteiger partial charge in [0, 0.05) is 40.8 Å². The van der Waals surface area contributed by atoms with Gasteiger partial charge in [0.05, 0.1) is 0 Å². The van der Waals surface area contributed by atoms with E-state index in [-0.39, 0.29) is 28.6 Å². The van der Waals surface area contributed by atoms with Crippen molar-refractivity contribution in [1.29, 1.82) is 0 Å². The molecule has 3 N–H and O–H groups in total. The van der Waals surface area contributed by atoms with E-state index in [0.29, 0.717) is 48.1 Å². The van der Waals surface area contributed by atoms with Crippen LogP contribution in [0.2, 0.25) is 0 Å². The standard InChI is InChI=1S/C21H23NO3.C17H19NO3/c1-21(2,3)16-7-4-15(5-8-16)6-11-20(23)22-17-9-10-18-19(14-17)25-13-12-24-18;1-18-7-6-17-10-3-5-13(20)16(17)21-15-12(19)4-2-9(14(15)17)8-11(10)18/h4-11,14H,12-13H2,1-3H3,(H,22,23);2-5,10-11,13,16,19-20H,6-8H2,1H3/b11-6+;/t;10-,11+,13-,16-,17-/m.0/s1. The summed E-state index contributed by atoms with van der Waals surface area (Å²) in [7, 11) is 2.19. The topological polar surface area (TPSA) is 100 Å². The summed E-state index contributed by atoms with van der Waals surface area (Å²) in [6.45, 7) is 8.62. The molecule has 0 radical (unpaired) electrons. The number of benzene rings is 3. The average Bonchev–Trinajstić information content (AvgIpc) is 3.40. The number of likely N-dealkylation sites (tertiary alicyclic amines) is 1. The number of hydrogen-bond donors (Lipinski definition) is 3. The molecule has 0 aromatic heterocycles. The number of nitrogens with one attached hydrogen (secondary N) is 1. The van der Waals surface area contributed by atoms with Gasteiger partial charge >= 0.3 is 0 Å². The summed E-state index contributed by atoms with van der Waals surface area (Å²) >= 11 is 0. The van der Waals surface area contributed by atoms with Crippen LogP contribution in [0.25, 0.3) is 6.08 Å². The number of fused-ring (bicyclic) bond motifs is 1. The van der Waals surface area contributed by atoms with Crippen LogP contribution in [-0.4, -0.2) is 66.1 Å². The van der Waals surface area contributed by atoms with Crippen LogP contribution in [0.5, 0.6) is 23.0 Å². The number of amides is 1. The number of phenols is 1. The molecule has 2 bridgehead atoms. The average molecular weight is 623 g/mol. The number of aromatic hydroxyl groups is 1. The molecule has 3 heterocycles. The van der Waals surface area contributed by atoms with Crippen LogP contribution in [0.3, 0.4) is 0 Å². The third-order valence-corrected chi connectivity index (χ3v) is 10.2. The van der Waals surface area contributed by atoms with E-state index in [4.69, 9.17) is 14.2 Å². The van der Waals surface area contributed by atoms with Crippen molar-refractivity contribution in [3.63, 3.8) is 0 Å². The number of hydrogen-bond acceptors (Lipinski definition) is 7. The van der Waals surface area contributed by atoms with Gasteiger partial charge in [0.2, 0.25) is 5.91 Å². The summed E-state index contributed by atoms with van der Waals surface area (Å²) in [4.78, 5) is 14.5. The maximum atomic E-state index is 12.1. The van der Waals surface area contributed by atoms with Crippen molar-refractivity contribution in [3.8, 4) is 23.0 Å². The Hall–Kier alpha value is -4.27. The second-order valence-corrected chi connectivity index (χ2v) is 14.0. The lowest BCUT2D eigenvalue weighted by molar-refractivity contribution is -0.111. The Morgan fingerprint density at radius 3 is 2.54 bits per heavy atom. The molecule has 1 fully saturated rings. The van der Waals surface area contributed by atoms with Crippen LogP contribution in [-0.2, 0) is 22.0 Å². The largest absolute Gasteiger partial charge is 0.504 e. The predicted molar refractivity (Wildman–Crippen MR) is 178 cm³/mol. The Kier molecular flexibility index (Phi) is 7.60. The van der Waals surface area contributed by atoms with Gasteiger partial charge in [-0.05, 0) is 72.8 Å². The minimum absolute atomic E-state index is 0.123. The SMILES string of the molecule is CC(C)(C)c1ccc(/C=C/C(=O)Nc2ccc3c(c2)OCCO3)cc1.CN1CC[C@]23c4c5ccc(O)c4O[C@H]2[C@@H](O)C=C[C@H]3[C@H]1C5. The molecule has 3 aromatic carbocycles. The molecule has 1 spiro atoms. The molecule has 3 aliphatic heterocycles. The zero-order valence-corrected chi connectivity index (χ0v) is 26.8. The van der Waals surface area contributed by atoms with Gasteiger partial charge in [0.15, 0.2) is 23.0 Å². The van der Waals surface area contributed by atoms with Gasteiger partial charge in [-0.25, -0.2) is 0 Å². The van der Waals surface area contributed by atoms with Crippen LogP contribution in [0.4, 0.5) is 5.69 Å². The Bertz CT molecular complexity index is 1710. The van der Waals surface area contributed by atoms with E-state index < -0.39 is 6.10 Å². The van der Waals surface area contributed by atoms with Crippen molar-refractivity contribution in [1.82, 2.24) is 4.90 Å². The fraction of sp³-hybridized carbons (Fsp3) is 0.395. The number of ether oxygens (including phenoxy) is 3. The second-order valence-electron chi connectivity index (χ2n) is 14.0. The van der Waals surface area contributed by atoms with Crippen LogP contribution in [0, 0.1) is 5.92 Å². The second kappa shape index (κ2) is 11.5. The molecule has 8 nitrogen and oxygen atoms in total. The molecule has 0 saturated carbocycles. The lowest BCUT2D eigenvalue weighted by Crippen LogP contribution is -2.64. The Labute approximate surface area is 270 Å². The molecule has 5 atom stereocenters. The first kappa shape index (κ1) is 30.4. The van der Waals surface area contributed by atoms with E-state index in [1.54, 1.807) is 30.3 Å². The smallest absolute Gasteiger partial charge is 0.248 e. The summed E-state index contributed by atoms with van der Waals surface area (Å²) in [5, 5.41) is 23.5. The predicted octanol–water partition coefficient (Wildman–Crippen LogP) is 5.61. The summed E-state index contributed by atoms with van der Waals surface area (Å²) in [6, 6.07) is 17.8. The van der Waals surface area contributed by atoms with Crippen molar-refractivity contribution in [2.24, 2.45) is 5.92 Å². The molecular weight excluding hydrogens is 580 g/mol. The molecule has 0 unspecified atom stereocenters. The van der Waals surface area contributed by atoms with Crippen molar-refractivity contribution in [2.75, 3.05) is 32.1 Å². The quantitative estimate of drug-likeness (QED) is 0.258. The molecule has 46 heavy (non-hydrogen) atoms. The highest BCUT2D eigenvalue weighted by molar-refractivity contribution is 6.02. The van der Waals surface area contributed by atoms with Crippen LogP contribution >= 0.6 is 0 Å². The van der Waals surface area contributed by atoms with Gasteiger partial charge in [-0.1, -0.05) is 63.3 Å². The summed E-state index contributed by atoms with van der Waals surface area (Å²) in [6.07, 6.45) is 8.51. The number of aliphatic hydroxyl groups excluding tert-OH is 1. The monoisotopic (exact) mass is 622 g/mol. The number of nitrogens with zero attached hydrogens (tertiary/aromatic N) is 1. The van der Waals surface area contributed by atoms with Gasteiger partial charge in [-0.3, -0.25) is 4.79 Å². The molecule has 2 aliphatic carbocycles. The third-order valence-electron chi connectivity index (χ3n) is 10.2. The van der Waals surface area contributed by atoms with Gasteiger partial charge in [0.1, 0.15) is 25.4 Å². The number of phenolic OH excluding ortho intramolecular Hbond substituents is 1. The van der Waals surface area contributed by atoms with E-state index in [1.807, 2.05) is 24.3 Å². The van der Waals surface area contributed by atoms with Gasteiger partial charge < -0.3 is 34.6 Å². The first-order valence-electron chi connectivity index (χ1n) is 16.1. The number of aliphatic hydroxyl groups is 1. The van der Waals surface area contributed by atoms with Crippen molar-refractivity contribution in [2.45, 2.75) is 62.7 Å². The fourth-order valence-corrected chi connectivity index (χ4v) is 7.81. The summed E-state index contributed by atoms with van der Waals surface area (Å²) in [5.41, 5.74) is 5.36. The Morgan fingerprint density at radius 2 is 1.78 bits per heavy atom. The number of carbonyl (C=O) groups is 1. The maximum absolute atomic E-state index is 12.1. The molecule has 1 amide bonds. The Morgan fingerprint density at radius 1 is 1.02 bits per heavy atom. The van der Waals surface area contributed by atoms with Gasteiger partial charge in [0.25, 0.3) is 0 Å². The van der Waals surface area contributed by atoms with E-state index in [0.717, 1.165) is 24.9 Å². The molecule has 1 saturated heterocycles. The van der Waals surface area contributed by atoms with Gasteiger partial charge in [-0.15, -0.1) is 0 Å². The lowest BCUT2D eigenvalue weighted by atomic mass is 9.53. The van der Waals surface area contributed by atoms with E-state index in [1.165, 1.54) is 22.8 Å². The molecular formula is C38H42N2O6. The number of likely N-dealkylation sites (N-methyl/N-ethyl adjacent to an activating group) is 1. The summed E-state index contributed by atoms with van der Waals surface area (Å²) in [5.74, 6) is 2.37. The highest BCUT2D eigenvalue weighted by Crippen LogP contribution is 2.62. The highest BCUT2D eigenvalue weighted by atomic mass is 16.6. The minimum Gasteiger partial charge on any atom is -0.504 e. The molecule has 8 rings (SSSR count). The molecule has 8 heteroatoms. The number of carbonyl (C=O) groups excluding carboxylic acids is 1. The number of piperidine rings is 1. The van der Waals surface area contributed by atoms with Crippen molar-refractivity contribution >= 4 is 17.7 Å². The van der Waals surface area contributed by atoms with E-state index in [9.17, 15) is 15.0 Å². The zero-order chi connectivity index (χ0) is 32.2. The molecule has 3 aromatic rings. The first-order chi connectivity index (χ1) is 22.0. The third kappa shape index (κ3) is 5.23. The van der Waals surface area contributed by atoms with E-state index >= 15 is 0 Å². The number of rotatable bonds is 3. The first-order valence-corrected chi connectivity index (χ1v) is 16.1. The molecule has 240 valence electrons. The maximum Gasteiger partial charge on any atom is 0.248 e. The molecule has 5 aliphatic rings. The normalized spacial score (nSPS) is 26.9. The van der Waals surface area contributed by atoms with Gasteiger partial charge in [-0.2, -0.15) is 0 Å². The zero-order valence-electron chi connectivity index (χ0n) is 26.8. The van der Waals surface area contributed by atoms with Crippen LogP contribution in [0.15, 0.2) is 72.8 Å². The minimum atomic E-state index is -0.594. The van der Waals surface area contributed by atoms with E-state index in [2.05, 4.69) is 56.2 Å². The van der Waals surface area contributed by atoms with Crippen LogP contribution < -0.4 is 19.5 Å². The van der Waals surface area contributed by atoms with Crippen molar-refractivity contribution < 1.29 is 29.2 Å². The van der Waals surface area contributed by atoms with Crippen molar-refractivity contribution in [3.05, 3.63) is 95.1 Å². The number of anilines is 1. The van der Waals surface area contributed by atoms with Crippen LogP contribution in [0.1, 0.15) is 49.4 Å².